The van der Waals surface area contributed by atoms with Gasteiger partial charge in [0.1, 0.15) is 6.04 Å². The lowest BCUT2D eigenvalue weighted by molar-refractivity contribution is -0.136. The Hall–Kier alpha value is -0.610. The Balaban J connectivity index is 2.24. The van der Waals surface area contributed by atoms with Gasteiger partial charge < -0.3 is 10.0 Å². The fourth-order valence-electron chi connectivity index (χ4n) is 3.57. The van der Waals surface area contributed by atoms with Crippen LogP contribution in [0.1, 0.15) is 39.5 Å². The van der Waals surface area contributed by atoms with Crippen molar-refractivity contribution in [1.82, 2.24) is 9.80 Å². The number of hydrogen-bond acceptors (Lipinski definition) is 3. The maximum atomic E-state index is 12.4. The number of rotatable bonds is 2. The van der Waals surface area contributed by atoms with Crippen LogP contribution in [0.2, 0.25) is 0 Å². The van der Waals surface area contributed by atoms with E-state index in [0.29, 0.717) is 6.04 Å². The first kappa shape index (κ1) is 13.8. The predicted octanol–water partition coefficient (Wildman–Crippen LogP) is 1.09. The van der Waals surface area contributed by atoms with Gasteiger partial charge in [-0.25, -0.2) is 0 Å². The highest BCUT2D eigenvalue weighted by molar-refractivity contribution is 5.82. The average molecular weight is 254 g/mol. The van der Waals surface area contributed by atoms with Crippen molar-refractivity contribution in [2.45, 2.75) is 51.6 Å². The van der Waals surface area contributed by atoms with Crippen molar-refractivity contribution in [2.75, 3.05) is 26.7 Å². The highest BCUT2D eigenvalue weighted by atomic mass is 16.3. The third-order valence-corrected chi connectivity index (χ3v) is 4.30. The molecule has 1 atom stereocenters. The van der Waals surface area contributed by atoms with Crippen LogP contribution in [0.4, 0.5) is 0 Å². The van der Waals surface area contributed by atoms with E-state index in [1.165, 1.54) is 25.7 Å². The Morgan fingerprint density at radius 1 is 1.28 bits per heavy atom. The topological polar surface area (TPSA) is 43.8 Å². The van der Waals surface area contributed by atoms with Crippen LogP contribution >= 0.6 is 0 Å². The van der Waals surface area contributed by atoms with Gasteiger partial charge in [-0.3, -0.25) is 9.69 Å². The molecule has 2 fully saturated rings. The highest BCUT2D eigenvalue weighted by Gasteiger charge is 2.41. The molecular formula is C14H26N2O2. The summed E-state index contributed by atoms with van der Waals surface area (Å²) in [4.78, 5) is 16.4. The second-order valence-corrected chi connectivity index (χ2v) is 6.67. The summed E-state index contributed by atoms with van der Waals surface area (Å²) in [6.07, 6.45) is 4.85. The van der Waals surface area contributed by atoms with Crippen LogP contribution in [0.5, 0.6) is 0 Å². The molecular weight excluding hydrogens is 228 g/mol. The smallest absolute Gasteiger partial charge is 0.242 e. The molecule has 4 nitrogen and oxygen atoms in total. The Labute approximate surface area is 110 Å². The Kier molecular flexibility index (Phi) is 3.97. The minimum atomic E-state index is -0.333. The van der Waals surface area contributed by atoms with Gasteiger partial charge in [-0.2, -0.15) is 0 Å². The molecule has 2 rings (SSSR count). The summed E-state index contributed by atoms with van der Waals surface area (Å²) >= 11 is 0. The number of nitrogens with zero attached hydrogens (tertiary/aromatic N) is 2. The van der Waals surface area contributed by atoms with E-state index in [0.717, 1.165) is 13.1 Å². The normalized spacial score (nSPS) is 30.8. The van der Waals surface area contributed by atoms with Crippen molar-refractivity contribution in [1.29, 1.82) is 0 Å². The Morgan fingerprint density at radius 2 is 1.89 bits per heavy atom. The summed E-state index contributed by atoms with van der Waals surface area (Å²) in [5.41, 5.74) is 0.0942. The zero-order valence-electron chi connectivity index (χ0n) is 11.9. The van der Waals surface area contributed by atoms with Crippen LogP contribution in [0.25, 0.3) is 0 Å². The quantitative estimate of drug-likeness (QED) is 0.802. The molecule has 1 N–H and O–H groups in total. The fraction of sp³-hybridized carbons (Fsp3) is 0.929. The molecule has 18 heavy (non-hydrogen) atoms. The number of carbonyl (C=O) groups is 1. The van der Waals surface area contributed by atoms with E-state index in [1.807, 2.05) is 7.05 Å². The summed E-state index contributed by atoms with van der Waals surface area (Å²) in [6.45, 7) is 6.03. The van der Waals surface area contributed by atoms with Gasteiger partial charge in [0.25, 0.3) is 0 Å². The molecule has 1 saturated carbocycles. The number of hydrogen-bond donors (Lipinski definition) is 1. The SMILES string of the molecule is CN1CC(C)(C)CN(C2CCCC2)C(CO)C1=O. The van der Waals surface area contributed by atoms with Gasteiger partial charge in [-0.1, -0.05) is 26.7 Å². The molecule has 1 heterocycles. The predicted molar refractivity (Wildman–Crippen MR) is 71.3 cm³/mol. The van der Waals surface area contributed by atoms with E-state index >= 15 is 0 Å². The van der Waals surface area contributed by atoms with Crippen LogP contribution < -0.4 is 0 Å². The standard InChI is InChI=1S/C14H26N2O2/c1-14(2)9-15(3)13(18)12(8-17)16(10-14)11-6-4-5-7-11/h11-12,17H,4-10H2,1-3H3. The minimum Gasteiger partial charge on any atom is -0.394 e. The van der Waals surface area contributed by atoms with E-state index in [-0.39, 0.29) is 24.0 Å². The number of likely N-dealkylation sites (N-methyl/N-ethyl adjacent to an activating group) is 1. The molecule has 104 valence electrons. The van der Waals surface area contributed by atoms with Gasteiger partial charge in [0.2, 0.25) is 5.91 Å². The Bertz CT molecular complexity index is 311. The second kappa shape index (κ2) is 5.17. The van der Waals surface area contributed by atoms with Crippen molar-refractivity contribution < 1.29 is 9.90 Å². The molecule has 0 bridgehead atoms. The average Bonchev–Trinajstić information content (AvgIpc) is 2.77. The van der Waals surface area contributed by atoms with Crippen molar-refractivity contribution in [3.8, 4) is 0 Å². The van der Waals surface area contributed by atoms with Crippen LogP contribution in [-0.2, 0) is 4.79 Å². The summed E-state index contributed by atoms with van der Waals surface area (Å²) < 4.78 is 0. The molecule has 0 spiro atoms. The number of carbonyl (C=O) groups excluding carboxylic acids is 1. The third-order valence-electron chi connectivity index (χ3n) is 4.30. The first-order valence-corrected chi connectivity index (χ1v) is 7.06. The molecule has 4 heteroatoms. The molecule has 1 unspecified atom stereocenters. The molecule has 0 radical (unpaired) electrons. The molecule has 0 aromatic carbocycles. The Morgan fingerprint density at radius 3 is 2.44 bits per heavy atom. The summed E-state index contributed by atoms with van der Waals surface area (Å²) in [5, 5.41) is 9.62. The molecule has 0 aromatic heterocycles. The maximum Gasteiger partial charge on any atom is 0.242 e. The molecule has 1 amide bonds. The highest BCUT2D eigenvalue weighted by Crippen LogP contribution is 2.31. The monoisotopic (exact) mass is 254 g/mol. The van der Waals surface area contributed by atoms with E-state index in [9.17, 15) is 9.90 Å². The molecule has 2 aliphatic rings. The van der Waals surface area contributed by atoms with Crippen LogP contribution in [0, 0.1) is 5.41 Å². The maximum absolute atomic E-state index is 12.4. The molecule has 1 aliphatic heterocycles. The zero-order valence-corrected chi connectivity index (χ0v) is 11.9. The summed E-state index contributed by atoms with van der Waals surface area (Å²) in [7, 11) is 1.85. The van der Waals surface area contributed by atoms with Gasteiger partial charge in [-0.15, -0.1) is 0 Å². The number of aliphatic hydroxyl groups is 1. The largest absolute Gasteiger partial charge is 0.394 e. The lowest BCUT2D eigenvalue weighted by Crippen LogP contribution is -2.51. The minimum absolute atomic E-state index is 0.0598. The molecule has 0 aromatic rings. The van der Waals surface area contributed by atoms with Gasteiger partial charge in [0.15, 0.2) is 0 Å². The van der Waals surface area contributed by atoms with Gasteiger partial charge >= 0.3 is 0 Å². The van der Waals surface area contributed by atoms with Crippen molar-refractivity contribution >= 4 is 5.91 Å². The fourth-order valence-corrected chi connectivity index (χ4v) is 3.57. The van der Waals surface area contributed by atoms with E-state index < -0.39 is 0 Å². The van der Waals surface area contributed by atoms with Crippen molar-refractivity contribution in [3.05, 3.63) is 0 Å². The van der Waals surface area contributed by atoms with Crippen LogP contribution in [-0.4, -0.2) is 59.6 Å². The van der Waals surface area contributed by atoms with Crippen molar-refractivity contribution in [2.24, 2.45) is 5.41 Å². The number of amides is 1. The third kappa shape index (κ3) is 2.69. The van der Waals surface area contributed by atoms with Gasteiger partial charge in [0.05, 0.1) is 6.61 Å². The zero-order chi connectivity index (χ0) is 13.3. The van der Waals surface area contributed by atoms with E-state index in [2.05, 4.69) is 18.7 Å². The lowest BCUT2D eigenvalue weighted by atomic mass is 9.92. The summed E-state index contributed by atoms with van der Waals surface area (Å²) in [6, 6.07) is 0.150. The van der Waals surface area contributed by atoms with Crippen LogP contribution in [0.3, 0.4) is 0 Å². The number of aliphatic hydroxyl groups excluding tert-OH is 1. The summed E-state index contributed by atoms with van der Waals surface area (Å²) in [5.74, 6) is 0.0787. The van der Waals surface area contributed by atoms with E-state index in [1.54, 1.807) is 4.90 Å². The van der Waals surface area contributed by atoms with Crippen molar-refractivity contribution in [3.63, 3.8) is 0 Å². The molecule has 1 saturated heterocycles. The van der Waals surface area contributed by atoms with Gasteiger partial charge in [-0.05, 0) is 18.3 Å². The molecule has 1 aliphatic carbocycles. The second-order valence-electron chi connectivity index (χ2n) is 6.67. The first-order valence-electron chi connectivity index (χ1n) is 7.06. The van der Waals surface area contributed by atoms with Gasteiger partial charge in [0, 0.05) is 26.2 Å². The van der Waals surface area contributed by atoms with Crippen LogP contribution in [0.15, 0.2) is 0 Å². The first-order chi connectivity index (χ1) is 8.44. The lowest BCUT2D eigenvalue weighted by Gasteiger charge is -2.36. The van der Waals surface area contributed by atoms with E-state index in [4.69, 9.17) is 0 Å².